The van der Waals surface area contributed by atoms with E-state index in [1.807, 2.05) is 4.90 Å². The highest BCUT2D eigenvalue weighted by Crippen LogP contribution is 2.25. The number of hydrogen-bond donors (Lipinski definition) is 0. The van der Waals surface area contributed by atoms with E-state index < -0.39 is 0 Å². The highest BCUT2D eigenvalue weighted by Gasteiger charge is 2.24. The van der Waals surface area contributed by atoms with Gasteiger partial charge in [0.25, 0.3) is 5.91 Å². The summed E-state index contributed by atoms with van der Waals surface area (Å²) in [4.78, 5) is 14.2. The van der Waals surface area contributed by atoms with Crippen LogP contribution in [0.15, 0.2) is 18.2 Å². The number of alkyl halides is 1. The molecule has 1 aliphatic rings. The zero-order valence-corrected chi connectivity index (χ0v) is 12.9. The number of carbonyl (C=O) groups excluding carboxylic acids is 1. The molecular weight excluding hydrogens is 337 g/mol. The molecule has 0 aliphatic carbocycles. The molecule has 1 heterocycles. The fourth-order valence-corrected chi connectivity index (χ4v) is 3.01. The van der Waals surface area contributed by atoms with Crippen LogP contribution in [0.1, 0.15) is 23.2 Å². The van der Waals surface area contributed by atoms with Crippen LogP contribution in [0.2, 0.25) is 10.0 Å². The van der Waals surface area contributed by atoms with Gasteiger partial charge in [-0.3, -0.25) is 4.79 Å². The minimum Gasteiger partial charge on any atom is -0.338 e. The maximum absolute atomic E-state index is 12.3. The Bertz CT molecular complexity index is 453. The van der Waals surface area contributed by atoms with E-state index in [-0.39, 0.29) is 5.91 Å². The summed E-state index contributed by atoms with van der Waals surface area (Å²) in [5.41, 5.74) is 0.611. The predicted molar refractivity (Wildman–Crippen MR) is 78.9 cm³/mol. The zero-order valence-electron chi connectivity index (χ0n) is 9.83. The molecule has 0 aromatic heterocycles. The first-order chi connectivity index (χ1) is 8.61. The summed E-state index contributed by atoms with van der Waals surface area (Å²) in [5.74, 6) is 0.588. The highest BCUT2D eigenvalue weighted by atomic mass is 79.9. The lowest BCUT2D eigenvalue weighted by atomic mass is 9.99. The number of halogens is 3. The molecule has 5 heteroatoms. The second-order valence-corrected chi connectivity index (χ2v) is 6.00. The van der Waals surface area contributed by atoms with Crippen molar-refractivity contribution in [2.45, 2.75) is 12.8 Å². The van der Waals surface area contributed by atoms with Crippen molar-refractivity contribution < 1.29 is 4.79 Å². The fraction of sp³-hybridized carbons (Fsp3) is 0.462. The Morgan fingerprint density at radius 3 is 2.83 bits per heavy atom. The Kier molecular flexibility index (Phi) is 4.93. The van der Waals surface area contributed by atoms with Crippen LogP contribution >= 0.6 is 39.1 Å². The van der Waals surface area contributed by atoms with Gasteiger partial charge in [-0.2, -0.15) is 0 Å². The molecule has 1 aromatic rings. The van der Waals surface area contributed by atoms with E-state index >= 15 is 0 Å². The number of nitrogens with zero attached hydrogens (tertiary/aromatic N) is 1. The van der Waals surface area contributed by atoms with E-state index in [4.69, 9.17) is 23.2 Å². The average molecular weight is 351 g/mol. The second-order valence-electron chi connectivity index (χ2n) is 4.54. The van der Waals surface area contributed by atoms with Crippen molar-refractivity contribution in [1.82, 2.24) is 4.90 Å². The summed E-state index contributed by atoms with van der Waals surface area (Å²) in [5, 5.41) is 1.85. The average Bonchev–Trinajstić information content (AvgIpc) is 2.41. The number of piperidine rings is 1. The monoisotopic (exact) mass is 349 g/mol. The van der Waals surface area contributed by atoms with Gasteiger partial charge < -0.3 is 4.90 Å². The second kappa shape index (κ2) is 6.27. The van der Waals surface area contributed by atoms with Crippen LogP contribution in [0.3, 0.4) is 0 Å². The van der Waals surface area contributed by atoms with Crippen LogP contribution in [-0.2, 0) is 0 Å². The van der Waals surface area contributed by atoms with Gasteiger partial charge in [-0.25, -0.2) is 0 Å². The topological polar surface area (TPSA) is 20.3 Å². The van der Waals surface area contributed by atoms with Gasteiger partial charge in [0, 0.05) is 24.0 Å². The molecule has 0 spiro atoms. The number of hydrogen-bond acceptors (Lipinski definition) is 1. The van der Waals surface area contributed by atoms with Gasteiger partial charge in [-0.05, 0) is 37.0 Å². The van der Waals surface area contributed by atoms with Crippen molar-refractivity contribution in [3.8, 4) is 0 Å². The van der Waals surface area contributed by atoms with E-state index in [0.29, 0.717) is 21.5 Å². The largest absolute Gasteiger partial charge is 0.338 e. The molecule has 0 saturated carbocycles. The molecule has 0 radical (unpaired) electrons. The molecule has 98 valence electrons. The van der Waals surface area contributed by atoms with E-state index in [2.05, 4.69) is 15.9 Å². The summed E-state index contributed by atoms with van der Waals surface area (Å²) >= 11 is 15.3. The summed E-state index contributed by atoms with van der Waals surface area (Å²) < 4.78 is 0. The Labute approximate surface area is 125 Å². The molecule has 1 saturated heterocycles. The van der Waals surface area contributed by atoms with Crippen LogP contribution in [0.4, 0.5) is 0 Å². The number of carbonyl (C=O) groups is 1. The van der Waals surface area contributed by atoms with Crippen molar-refractivity contribution in [2.75, 3.05) is 18.4 Å². The molecule has 1 aromatic carbocycles. The first-order valence-electron chi connectivity index (χ1n) is 5.92. The summed E-state index contributed by atoms with van der Waals surface area (Å²) in [7, 11) is 0. The maximum atomic E-state index is 12.3. The molecule has 1 unspecified atom stereocenters. The van der Waals surface area contributed by atoms with Crippen molar-refractivity contribution in [2.24, 2.45) is 5.92 Å². The molecule has 1 fully saturated rings. The molecule has 0 N–H and O–H groups in total. The highest BCUT2D eigenvalue weighted by molar-refractivity contribution is 9.09. The van der Waals surface area contributed by atoms with E-state index in [1.54, 1.807) is 18.2 Å². The first kappa shape index (κ1) is 14.2. The van der Waals surface area contributed by atoms with Gasteiger partial charge in [-0.1, -0.05) is 39.1 Å². The van der Waals surface area contributed by atoms with Crippen molar-refractivity contribution in [3.05, 3.63) is 33.8 Å². The van der Waals surface area contributed by atoms with E-state index in [9.17, 15) is 4.79 Å². The number of rotatable bonds is 2. The van der Waals surface area contributed by atoms with Crippen molar-refractivity contribution in [1.29, 1.82) is 0 Å². The Morgan fingerprint density at radius 2 is 2.17 bits per heavy atom. The van der Waals surface area contributed by atoms with Gasteiger partial charge in [0.2, 0.25) is 0 Å². The van der Waals surface area contributed by atoms with Crippen LogP contribution in [0, 0.1) is 5.92 Å². The number of likely N-dealkylation sites (tertiary alicyclic amines) is 1. The normalized spacial score (nSPS) is 19.9. The Morgan fingerprint density at radius 1 is 1.39 bits per heavy atom. The van der Waals surface area contributed by atoms with Crippen LogP contribution in [-0.4, -0.2) is 29.2 Å². The molecule has 1 amide bonds. The zero-order chi connectivity index (χ0) is 13.1. The van der Waals surface area contributed by atoms with Crippen LogP contribution in [0.25, 0.3) is 0 Å². The minimum absolute atomic E-state index is 0.0409. The maximum Gasteiger partial charge on any atom is 0.253 e. The fourth-order valence-electron chi connectivity index (χ4n) is 2.19. The minimum atomic E-state index is 0.0409. The standard InChI is InChI=1S/C13H14BrCl2NO/c14-7-9-2-1-5-17(8-9)13(18)10-3-4-11(15)12(16)6-10/h3-4,6,9H,1-2,5,7-8H2. The van der Waals surface area contributed by atoms with E-state index in [0.717, 1.165) is 24.8 Å². The lowest BCUT2D eigenvalue weighted by Crippen LogP contribution is -2.40. The third kappa shape index (κ3) is 3.19. The van der Waals surface area contributed by atoms with Gasteiger partial charge in [0.05, 0.1) is 10.0 Å². The number of benzene rings is 1. The third-order valence-corrected chi connectivity index (χ3v) is 4.85. The van der Waals surface area contributed by atoms with Gasteiger partial charge in [-0.15, -0.1) is 0 Å². The smallest absolute Gasteiger partial charge is 0.253 e. The lowest BCUT2D eigenvalue weighted by Gasteiger charge is -2.32. The summed E-state index contributed by atoms with van der Waals surface area (Å²) in [6.07, 6.45) is 2.24. The molecular formula is C13H14BrCl2NO. The molecule has 2 nitrogen and oxygen atoms in total. The predicted octanol–water partition coefficient (Wildman–Crippen LogP) is 4.24. The van der Waals surface area contributed by atoms with Gasteiger partial charge in [0.1, 0.15) is 0 Å². The lowest BCUT2D eigenvalue weighted by molar-refractivity contribution is 0.0686. The first-order valence-corrected chi connectivity index (χ1v) is 7.80. The SMILES string of the molecule is O=C(c1ccc(Cl)c(Cl)c1)N1CCCC(CBr)C1. The quantitative estimate of drug-likeness (QED) is 0.730. The Balaban J connectivity index is 2.12. The molecule has 18 heavy (non-hydrogen) atoms. The van der Waals surface area contributed by atoms with Crippen LogP contribution < -0.4 is 0 Å². The van der Waals surface area contributed by atoms with Crippen molar-refractivity contribution in [3.63, 3.8) is 0 Å². The molecule has 1 aliphatic heterocycles. The van der Waals surface area contributed by atoms with Gasteiger partial charge in [0.15, 0.2) is 0 Å². The molecule has 0 bridgehead atoms. The van der Waals surface area contributed by atoms with Crippen LogP contribution in [0.5, 0.6) is 0 Å². The number of amides is 1. The third-order valence-electron chi connectivity index (χ3n) is 3.19. The van der Waals surface area contributed by atoms with Crippen molar-refractivity contribution >= 4 is 45.0 Å². The molecule has 1 atom stereocenters. The summed E-state index contributed by atoms with van der Waals surface area (Å²) in [6.45, 7) is 1.63. The van der Waals surface area contributed by atoms with Gasteiger partial charge >= 0.3 is 0 Å². The molecule has 2 rings (SSSR count). The van der Waals surface area contributed by atoms with E-state index in [1.165, 1.54) is 6.42 Å². The Hall–Kier alpha value is -0.250. The summed E-state index contributed by atoms with van der Waals surface area (Å²) in [6, 6.07) is 5.04.